The number of aliphatic hydroxyl groups excluding tert-OH is 2. The van der Waals surface area contributed by atoms with Crippen molar-refractivity contribution in [2.45, 2.75) is 12.6 Å². The van der Waals surface area contributed by atoms with Gasteiger partial charge in [0, 0.05) is 7.05 Å². The quantitative estimate of drug-likeness (QED) is 0.661. The second-order valence-electron chi connectivity index (χ2n) is 3.50. The molecule has 0 saturated carbocycles. The van der Waals surface area contributed by atoms with Gasteiger partial charge < -0.3 is 20.1 Å². The average Bonchev–Trinajstić information content (AvgIpc) is 2.71. The van der Waals surface area contributed by atoms with Crippen LogP contribution in [-0.2, 0) is 6.54 Å². The lowest BCUT2D eigenvalue weighted by Gasteiger charge is -2.08. The summed E-state index contributed by atoms with van der Waals surface area (Å²) in [5, 5.41) is 21.2. The van der Waals surface area contributed by atoms with Crippen molar-refractivity contribution in [3.63, 3.8) is 0 Å². The van der Waals surface area contributed by atoms with Gasteiger partial charge in [-0.1, -0.05) is 0 Å². The number of nitrogens with zero attached hydrogens (tertiary/aromatic N) is 4. The van der Waals surface area contributed by atoms with Crippen molar-refractivity contribution in [2.24, 2.45) is 0 Å². The zero-order valence-electron chi connectivity index (χ0n) is 9.13. The largest absolute Gasteiger partial charge is 0.394 e. The highest BCUT2D eigenvalue weighted by Crippen LogP contribution is 2.20. The Labute approximate surface area is 102 Å². The van der Waals surface area contributed by atoms with Crippen LogP contribution in [0.25, 0.3) is 11.2 Å². The summed E-state index contributed by atoms with van der Waals surface area (Å²) in [4.78, 5) is 12.2. The summed E-state index contributed by atoms with van der Waals surface area (Å²) in [6, 6.07) is 0. The first-order chi connectivity index (χ1) is 8.15. The smallest absolute Gasteiger partial charge is 0.226 e. The van der Waals surface area contributed by atoms with E-state index >= 15 is 0 Å². The summed E-state index contributed by atoms with van der Waals surface area (Å²) in [5.41, 5.74) is 1.09. The molecule has 0 unspecified atom stereocenters. The molecule has 0 spiro atoms. The van der Waals surface area contributed by atoms with E-state index < -0.39 is 6.10 Å². The number of aromatic nitrogens is 4. The highest BCUT2D eigenvalue weighted by Gasteiger charge is 2.13. The summed E-state index contributed by atoms with van der Waals surface area (Å²) in [6.45, 7) is -0.124. The molecular weight excluding hydrogens is 246 g/mol. The number of hydrogen-bond acceptors (Lipinski definition) is 6. The number of aliphatic hydroxyl groups is 2. The molecule has 2 rings (SSSR count). The van der Waals surface area contributed by atoms with Crippen LogP contribution in [0.2, 0.25) is 5.28 Å². The van der Waals surface area contributed by atoms with E-state index in [9.17, 15) is 5.11 Å². The highest BCUT2D eigenvalue weighted by atomic mass is 35.5. The first kappa shape index (κ1) is 12.0. The van der Waals surface area contributed by atoms with Gasteiger partial charge in [0.05, 0.1) is 25.6 Å². The van der Waals surface area contributed by atoms with Crippen LogP contribution < -0.4 is 5.32 Å². The molecule has 0 aliphatic rings. The number of imidazole rings is 1. The molecule has 0 aliphatic carbocycles. The van der Waals surface area contributed by atoms with E-state index in [4.69, 9.17) is 16.7 Å². The third-order valence-electron chi connectivity index (χ3n) is 2.29. The number of fused-ring (bicyclic) bond motifs is 1. The van der Waals surface area contributed by atoms with Crippen LogP contribution in [0.3, 0.4) is 0 Å². The van der Waals surface area contributed by atoms with E-state index in [1.54, 1.807) is 11.6 Å². The first-order valence-corrected chi connectivity index (χ1v) is 5.38. The van der Waals surface area contributed by atoms with Gasteiger partial charge in [-0.25, -0.2) is 4.98 Å². The van der Waals surface area contributed by atoms with Gasteiger partial charge in [0.2, 0.25) is 5.28 Å². The van der Waals surface area contributed by atoms with Gasteiger partial charge in [-0.2, -0.15) is 9.97 Å². The molecular formula is C9H12ClN5O2. The Kier molecular flexibility index (Phi) is 3.41. The van der Waals surface area contributed by atoms with E-state index in [2.05, 4.69) is 20.3 Å². The lowest BCUT2D eigenvalue weighted by atomic mass is 10.4. The number of rotatable bonds is 4. The minimum Gasteiger partial charge on any atom is -0.394 e. The summed E-state index contributed by atoms with van der Waals surface area (Å²) in [5.74, 6) is 0.525. The van der Waals surface area contributed by atoms with Crippen molar-refractivity contribution >= 4 is 28.6 Å². The van der Waals surface area contributed by atoms with Crippen molar-refractivity contribution in [1.82, 2.24) is 19.5 Å². The normalized spacial score (nSPS) is 12.9. The Morgan fingerprint density at radius 2 is 2.29 bits per heavy atom. The molecule has 17 heavy (non-hydrogen) atoms. The molecule has 0 bridgehead atoms. The Bertz CT molecular complexity index is 529. The van der Waals surface area contributed by atoms with Crippen molar-refractivity contribution in [1.29, 1.82) is 0 Å². The standard InChI is InChI=1S/C9H12ClN5O2/c1-11-7-6-8(14-9(10)13-7)15(4-12-6)2-5(17)3-16/h4-5,16-17H,2-3H2,1H3,(H,11,13,14)/t5-/m1/s1. The van der Waals surface area contributed by atoms with Crippen LogP contribution in [0, 0.1) is 0 Å². The lowest BCUT2D eigenvalue weighted by Crippen LogP contribution is -2.19. The Morgan fingerprint density at radius 3 is 2.94 bits per heavy atom. The monoisotopic (exact) mass is 257 g/mol. The highest BCUT2D eigenvalue weighted by molar-refractivity contribution is 6.28. The SMILES string of the molecule is CNc1nc(Cl)nc2c1ncn2C[C@@H](O)CO. The molecule has 3 N–H and O–H groups in total. The van der Waals surface area contributed by atoms with Gasteiger partial charge in [-0.05, 0) is 11.6 Å². The number of hydrogen-bond donors (Lipinski definition) is 3. The minimum absolute atomic E-state index is 0.0992. The Hall–Kier alpha value is -1.44. The number of halogens is 1. The fourth-order valence-corrected chi connectivity index (χ4v) is 1.67. The molecule has 1 atom stereocenters. The molecule has 2 heterocycles. The zero-order valence-corrected chi connectivity index (χ0v) is 9.89. The second-order valence-corrected chi connectivity index (χ2v) is 3.83. The van der Waals surface area contributed by atoms with E-state index in [0.717, 1.165) is 0 Å². The molecule has 0 aromatic carbocycles. The van der Waals surface area contributed by atoms with Gasteiger partial charge in [0.1, 0.15) is 0 Å². The van der Waals surface area contributed by atoms with Crippen LogP contribution in [0.4, 0.5) is 5.82 Å². The van der Waals surface area contributed by atoms with Crippen LogP contribution in [0.1, 0.15) is 0 Å². The summed E-state index contributed by atoms with van der Waals surface area (Å²) in [7, 11) is 1.71. The van der Waals surface area contributed by atoms with Gasteiger partial charge in [-0.15, -0.1) is 0 Å². The maximum absolute atomic E-state index is 9.39. The molecule has 0 radical (unpaired) electrons. The van der Waals surface area contributed by atoms with Crippen molar-refractivity contribution < 1.29 is 10.2 Å². The van der Waals surface area contributed by atoms with Crippen molar-refractivity contribution in [3.8, 4) is 0 Å². The predicted molar refractivity (Wildman–Crippen MR) is 63.0 cm³/mol. The maximum Gasteiger partial charge on any atom is 0.226 e. The minimum atomic E-state index is -0.862. The van der Waals surface area contributed by atoms with Crippen molar-refractivity contribution in [3.05, 3.63) is 11.6 Å². The summed E-state index contributed by atoms with van der Waals surface area (Å²) < 4.78 is 1.62. The van der Waals surface area contributed by atoms with Gasteiger partial charge in [-0.3, -0.25) is 0 Å². The molecule has 0 fully saturated rings. The Morgan fingerprint density at radius 1 is 1.53 bits per heavy atom. The van der Waals surface area contributed by atoms with E-state index in [1.807, 2.05) is 0 Å². The van der Waals surface area contributed by atoms with Gasteiger partial charge in [0.25, 0.3) is 0 Å². The molecule has 0 saturated heterocycles. The zero-order chi connectivity index (χ0) is 12.4. The Balaban J connectivity index is 2.48. The van der Waals surface area contributed by atoms with Crippen LogP contribution in [0.5, 0.6) is 0 Å². The van der Waals surface area contributed by atoms with E-state index in [0.29, 0.717) is 17.0 Å². The summed E-state index contributed by atoms with van der Waals surface area (Å²) >= 11 is 5.79. The van der Waals surface area contributed by atoms with Crippen LogP contribution >= 0.6 is 11.6 Å². The van der Waals surface area contributed by atoms with Crippen LogP contribution in [0.15, 0.2) is 6.33 Å². The molecule has 92 valence electrons. The second kappa shape index (κ2) is 4.82. The van der Waals surface area contributed by atoms with E-state index in [-0.39, 0.29) is 18.4 Å². The molecule has 0 amide bonds. The van der Waals surface area contributed by atoms with Gasteiger partial charge >= 0.3 is 0 Å². The molecule has 8 heteroatoms. The molecule has 2 aromatic rings. The topological polar surface area (TPSA) is 96.1 Å². The van der Waals surface area contributed by atoms with Gasteiger partial charge in [0.15, 0.2) is 17.0 Å². The first-order valence-electron chi connectivity index (χ1n) is 5.00. The maximum atomic E-state index is 9.39. The van der Waals surface area contributed by atoms with E-state index in [1.165, 1.54) is 6.33 Å². The molecule has 2 aromatic heterocycles. The fourth-order valence-electron chi connectivity index (χ4n) is 1.51. The number of nitrogens with one attached hydrogen (secondary N) is 1. The number of anilines is 1. The molecule has 7 nitrogen and oxygen atoms in total. The molecule has 0 aliphatic heterocycles. The third kappa shape index (κ3) is 2.31. The predicted octanol–water partition coefficient (Wildman–Crippen LogP) is -0.125. The fraction of sp³-hybridized carbons (Fsp3) is 0.444. The average molecular weight is 258 g/mol. The summed E-state index contributed by atoms with van der Waals surface area (Å²) in [6.07, 6.45) is 0.661. The van der Waals surface area contributed by atoms with Crippen LogP contribution in [-0.4, -0.2) is 49.5 Å². The van der Waals surface area contributed by atoms with Crippen molar-refractivity contribution in [2.75, 3.05) is 19.0 Å². The lowest BCUT2D eigenvalue weighted by molar-refractivity contribution is 0.0820. The third-order valence-corrected chi connectivity index (χ3v) is 2.46.